The van der Waals surface area contributed by atoms with Crippen molar-refractivity contribution in [1.82, 2.24) is 24.5 Å². The molecule has 2 aromatic carbocycles. The van der Waals surface area contributed by atoms with E-state index in [-0.39, 0.29) is 30.0 Å². The maximum Gasteiger partial charge on any atom is 0.275 e. The highest BCUT2D eigenvalue weighted by molar-refractivity contribution is 5.90. The molecule has 1 aliphatic rings. The van der Waals surface area contributed by atoms with E-state index in [1.54, 1.807) is 11.5 Å². The number of aryl methyl sites for hydroxylation is 2. The maximum absolute atomic E-state index is 12.7. The largest absolute Gasteiger partial charge is 0.349 e. The Morgan fingerprint density at radius 2 is 1.82 bits per heavy atom. The summed E-state index contributed by atoms with van der Waals surface area (Å²) in [6.45, 7) is 3.73. The molecule has 1 aliphatic heterocycles. The van der Waals surface area contributed by atoms with E-state index >= 15 is 0 Å². The second kappa shape index (κ2) is 8.58. The van der Waals surface area contributed by atoms with Gasteiger partial charge in [0.1, 0.15) is 6.54 Å². The van der Waals surface area contributed by atoms with E-state index in [0.717, 1.165) is 23.1 Å². The van der Waals surface area contributed by atoms with Crippen molar-refractivity contribution in [2.24, 2.45) is 0 Å². The highest BCUT2D eigenvalue weighted by Gasteiger charge is 2.22. The number of hydrogen-bond donors (Lipinski definition) is 2. The lowest BCUT2D eigenvalue weighted by atomic mass is 10.0. The molecular weight excluding hydrogens is 432 g/mol. The lowest BCUT2D eigenvalue weighted by molar-refractivity contribution is -0.119. The van der Waals surface area contributed by atoms with Gasteiger partial charge in [-0.2, -0.15) is 9.50 Å². The number of hydrogen-bond acceptors (Lipinski definition) is 5. The normalized spacial score (nSPS) is 15.5. The van der Waals surface area contributed by atoms with Gasteiger partial charge in [-0.3, -0.25) is 14.4 Å². The van der Waals surface area contributed by atoms with Crippen molar-refractivity contribution in [1.29, 1.82) is 0 Å². The van der Waals surface area contributed by atoms with Crippen LogP contribution in [-0.4, -0.2) is 31.0 Å². The Bertz CT molecular complexity index is 1450. The van der Waals surface area contributed by atoms with E-state index in [0.29, 0.717) is 29.4 Å². The van der Waals surface area contributed by atoms with Gasteiger partial charge in [-0.1, -0.05) is 42.0 Å². The third kappa shape index (κ3) is 4.19. The number of nitrogens with one attached hydrogen (secondary N) is 2. The van der Waals surface area contributed by atoms with E-state index in [1.807, 2.05) is 55.5 Å². The molecule has 3 heterocycles. The molecule has 0 bridgehead atoms. The van der Waals surface area contributed by atoms with Gasteiger partial charge in [0.25, 0.3) is 5.56 Å². The summed E-state index contributed by atoms with van der Waals surface area (Å²) in [5, 5.41) is 10.2. The van der Waals surface area contributed by atoms with Crippen LogP contribution in [0.5, 0.6) is 0 Å². The molecule has 172 valence electrons. The third-order valence-electron chi connectivity index (χ3n) is 6.00. The summed E-state index contributed by atoms with van der Waals surface area (Å²) in [5.41, 5.74) is 3.86. The van der Waals surface area contributed by atoms with Gasteiger partial charge in [-0.25, -0.2) is 0 Å². The van der Waals surface area contributed by atoms with Crippen molar-refractivity contribution >= 4 is 23.3 Å². The first-order valence-corrected chi connectivity index (χ1v) is 11.1. The molecular formula is C25H24N6O3. The number of nitrogens with zero attached hydrogens (tertiary/aromatic N) is 4. The number of carbonyl (C=O) groups is 2. The van der Waals surface area contributed by atoms with Gasteiger partial charge in [0.2, 0.25) is 17.6 Å². The summed E-state index contributed by atoms with van der Waals surface area (Å²) in [6.07, 6.45) is 1.30. The molecule has 2 amide bonds. The maximum atomic E-state index is 12.7. The zero-order chi connectivity index (χ0) is 23.8. The number of carbonyl (C=O) groups excluding carboxylic acids is 2. The van der Waals surface area contributed by atoms with Gasteiger partial charge < -0.3 is 15.2 Å². The van der Waals surface area contributed by atoms with Crippen molar-refractivity contribution in [2.45, 2.75) is 39.3 Å². The molecule has 5 rings (SSSR count). The standard InChI is InChI=1S/C25H24N6O3/c1-15-3-9-19(10-4-15)26-22(33)14-30-16(2)13-23(34)31-25(30)28-24(29-31)18-7-5-17(6-8-18)20-11-12-21(32)27-20/h3-10,13,20H,11-12,14H2,1-2H3,(H,26,33)(H,27,32). The van der Waals surface area contributed by atoms with Crippen LogP contribution < -0.4 is 16.2 Å². The minimum Gasteiger partial charge on any atom is -0.349 e. The Morgan fingerprint density at radius 3 is 2.50 bits per heavy atom. The number of rotatable bonds is 5. The number of benzene rings is 2. The molecule has 1 fully saturated rings. The topological polar surface area (TPSA) is 110 Å². The molecule has 1 unspecified atom stereocenters. The summed E-state index contributed by atoms with van der Waals surface area (Å²) < 4.78 is 2.89. The average Bonchev–Trinajstić information content (AvgIpc) is 3.46. The zero-order valence-corrected chi connectivity index (χ0v) is 18.9. The highest BCUT2D eigenvalue weighted by Crippen LogP contribution is 2.26. The molecule has 2 N–H and O–H groups in total. The van der Waals surface area contributed by atoms with Gasteiger partial charge in [0.05, 0.1) is 6.04 Å². The second-order valence-electron chi connectivity index (χ2n) is 8.55. The van der Waals surface area contributed by atoms with Crippen molar-refractivity contribution in [3.8, 4) is 11.4 Å². The van der Waals surface area contributed by atoms with E-state index in [9.17, 15) is 14.4 Å². The molecule has 1 saturated heterocycles. The number of amides is 2. The molecule has 4 aromatic rings. The predicted octanol–water partition coefficient (Wildman–Crippen LogP) is 2.76. The van der Waals surface area contributed by atoms with Crippen LogP contribution in [-0.2, 0) is 16.1 Å². The van der Waals surface area contributed by atoms with Crippen LogP contribution in [0.3, 0.4) is 0 Å². The van der Waals surface area contributed by atoms with Crippen molar-refractivity contribution in [3.05, 3.63) is 81.8 Å². The van der Waals surface area contributed by atoms with Crippen LogP contribution in [0.25, 0.3) is 17.2 Å². The van der Waals surface area contributed by atoms with Gasteiger partial charge in [-0.05, 0) is 38.0 Å². The summed E-state index contributed by atoms with van der Waals surface area (Å²) in [4.78, 5) is 41.4. The highest BCUT2D eigenvalue weighted by atomic mass is 16.2. The molecule has 0 radical (unpaired) electrons. The molecule has 9 heteroatoms. The van der Waals surface area contributed by atoms with Crippen LogP contribution in [0.4, 0.5) is 5.69 Å². The third-order valence-corrected chi connectivity index (χ3v) is 6.00. The summed E-state index contributed by atoms with van der Waals surface area (Å²) in [7, 11) is 0. The minimum absolute atomic E-state index is 0.0120. The molecule has 2 aromatic heterocycles. The monoisotopic (exact) mass is 456 g/mol. The molecule has 9 nitrogen and oxygen atoms in total. The van der Waals surface area contributed by atoms with E-state index in [4.69, 9.17) is 0 Å². The van der Waals surface area contributed by atoms with Gasteiger partial charge >= 0.3 is 0 Å². The van der Waals surface area contributed by atoms with Crippen molar-refractivity contribution < 1.29 is 9.59 Å². The smallest absolute Gasteiger partial charge is 0.275 e. The lowest BCUT2D eigenvalue weighted by Crippen LogP contribution is -2.25. The Kier molecular flexibility index (Phi) is 5.45. The van der Waals surface area contributed by atoms with Gasteiger partial charge in [-0.15, -0.1) is 5.10 Å². The minimum atomic E-state index is -0.313. The summed E-state index contributed by atoms with van der Waals surface area (Å²) >= 11 is 0. The predicted molar refractivity (Wildman–Crippen MR) is 127 cm³/mol. The van der Waals surface area contributed by atoms with Crippen LogP contribution in [0.15, 0.2) is 59.4 Å². The first kappa shape index (κ1) is 21.6. The van der Waals surface area contributed by atoms with Crippen molar-refractivity contribution in [2.75, 3.05) is 5.32 Å². The van der Waals surface area contributed by atoms with Crippen molar-refractivity contribution in [3.63, 3.8) is 0 Å². The van der Waals surface area contributed by atoms with Gasteiger partial charge in [0.15, 0.2) is 5.82 Å². The fourth-order valence-corrected chi connectivity index (χ4v) is 4.13. The summed E-state index contributed by atoms with van der Waals surface area (Å²) in [5.74, 6) is 0.513. The Balaban J connectivity index is 1.43. The SMILES string of the molecule is Cc1ccc(NC(=O)Cn2c(C)cc(=O)n3nc(-c4ccc(C5CCC(=O)N5)cc4)nc23)cc1. The average molecular weight is 457 g/mol. The number of aromatic nitrogens is 4. The lowest BCUT2D eigenvalue weighted by Gasteiger charge is -2.11. The number of fused-ring (bicyclic) bond motifs is 1. The Morgan fingerprint density at radius 1 is 1.09 bits per heavy atom. The van der Waals surface area contributed by atoms with Crippen LogP contribution >= 0.6 is 0 Å². The fourth-order valence-electron chi connectivity index (χ4n) is 4.13. The van der Waals surface area contributed by atoms with Crippen LogP contribution in [0, 0.1) is 13.8 Å². The molecule has 34 heavy (non-hydrogen) atoms. The molecule has 0 aliphatic carbocycles. The van der Waals surface area contributed by atoms with Crippen LogP contribution in [0.1, 0.15) is 35.7 Å². The van der Waals surface area contributed by atoms with E-state index in [1.165, 1.54) is 10.6 Å². The molecule has 0 saturated carbocycles. The van der Waals surface area contributed by atoms with E-state index < -0.39 is 0 Å². The number of anilines is 1. The Labute approximate surface area is 195 Å². The first-order valence-electron chi connectivity index (χ1n) is 11.1. The Hall–Kier alpha value is -4.27. The molecule has 1 atom stereocenters. The summed E-state index contributed by atoms with van der Waals surface area (Å²) in [6, 6.07) is 16.6. The van der Waals surface area contributed by atoms with Crippen LogP contribution in [0.2, 0.25) is 0 Å². The second-order valence-corrected chi connectivity index (χ2v) is 8.55. The quantitative estimate of drug-likeness (QED) is 0.480. The molecule has 0 spiro atoms. The zero-order valence-electron chi connectivity index (χ0n) is 18.9. The first-order chi connectivity index (χ1) is 16.4. The van der Waals surface area contributed by atoms with E-state index in [2.05, 4.69) is 20.7 Å². The van der Waals surface area contributed by atoms with Gasteiger partial charge in [0, 0.05) is 29.4 Å². The fraction of sp³-hybridized carbons (Fsp3) is 0.240.